The van der Waals surface area contributed by atoms with Crippen molar-refractivity contribution < 1.29 is 0 Å². The highest BCUT2D eigenvalue weighted by molar-refractivity contribution is 5.32. The first-order chi connectivity index (χ1) is 8.38. The van der Waals surface area contributed by atoms with Crippen LogP contribution in [0.15, 0.2) is 12.4 Å². The Hall–Kier alpha value is -1.56. The van der Waals surface area contributed by atoms with Gasteiger partial charge in [0.1, 0.15) is 0 Å². The summed E-state index contributed by atoms with van der Waals surface area (Å²) in [5.74, 6) is 0.807. The maximum atomic E-state index is 4.19. The van der Waals surface area contributed by atoms with Crippen molar-refractivity contribution in [2.24, 2.45) is 5.92 Å². The summed E-state index contributed by atoms with van der Waals surface area (Å²) in [5, 5.41) is 15.1. The molecular formula is C11H16N6. The normalized spacial score (nSPS) is 17.5. The van der Waals surface area contributed by atoms with Gasteiger partial charge in [-0.1, -0.05) is 6.92 Å². The lowest BCUT2D eigenvalue weighted by molar-refractivity contribution is 0.463. The van der Waals surface area contributed by atoms with Gasteiger partial charge in [-0.3, -0.25) is 4.98 Å². The van der Waals surface area contributed by atoms with E-state index in [4.69, 9.17) is 0 Å². The van der Waals surface area contributed by atoms with E-state index in [1.807, 2.05) is 6.20 Å². The molecule has 1 saturated carbocycles. The van der Waals surface area contributed by atoms with Gasteiger partial charge >= 0.3 is 0 Å². The lowest BCUT2D eigenvalue weighted by Gasteiger charge is -2.16. The number of nitrogens with one attached hydrogen (secondary N) is 1. The highest BCUT2D eigenvalue weighted by Crippen LogP contribution is 2.33. The summed E-state index contributed by atoms with van der Waals surface area (Å²) in [6.07, 6.45) is 7.14. The summed E-state index contributed by atoms with van der Waals surface area (Å²) in [6.45, 7) is 3.14. The number of hydrogen-bond donors (Lipinski definition) is 1. The number of tetrazole rings is 1. The third kappa shape index (κ3) is 2.12. The highest BCUT2D eigenvalue weighted by Gasteiger charge is 2.31. The molecule has 0 bridgehead atoms. The Kier molecular flexibility index (Phi) is 2.72. The predicted octanol–water partition coefficient (Wildman–Crippen LogP) is 0.450. The number of hydrogen-bond acceptors (Lipinski definition) is 5. The van der Waals surface area contributed by atoms with E-state index in [1.54, 1.807) is 10.7 Å². The van der Waals surface area contributed by atoms with Crippen molar-refractivity contribution in [3.8, 4) is 0 Å². The Bertz CT molecular complexity index is 503. The van der Waals surface area contributed by atoms with Gasteiger partial charge in [0.05, 0.1) is 11.9 Å². The minimum Gasteiger partial charge on any atom is -0.314 e. The number of likely N-dealkylation sites (N-methyl/N-ethyl adjacent to an activating group) is 1. The second kappa shape index (κ2) is 4.37. The van der Waals surface area contributed by atoms with E-state index < -0.39 is 0 Å². The highest BCUT2D eigenvalue weighted by atomic mass is 15.5. The molecule has 1 unspecified atom stereocenters. The molecule has 2 heterocycles. The fourth-order valence-electron chi connectivity index (χ4n) is 2.25. The third-order valence-corrected chi connectivity index (χ3v) is 3.27. The van der Waals surface area contributed by atoms with Crippen LogP contribution >= 0.6 is 0 Å². The van der Waals surface area contributed by atoms with Gasteiger partial charge in [-0.2, -0.15) is 4.52 Å². The molecule has 90 valence electrons. The molecule has 0 spiro atoms. The van der Waals surface area contributed by atoms with E-state index in [0.717, 1.165) is 24.6 Å². The number of rotatable bonds is 5. The monoisotopic (exact) mass is 232 g/mol. The molecule has 3 rings (SSSR count). The summed E-state index contributed by atoms with van der Waals surface area (Å²) < 4.78 is 1.78. The SMILES string of the molecule is CCNC(Cc1cncc2nnnn12)C1CC1. The van der Waals surface area contributed by atoms with Crippen LogP contribution in [0, 0.1) is 5.92 Å². The van der Waals surface area contributed by atoms with Crippen molar-refractivity contribution in [1.82, 2.24) is 30.3 Å². The first-order valence-electron chi connectivity index (χ1n) is 6.13. The molecule has 1 aliphatic carbocycles. The van der Waals surface area contributed by atoms with E-state index >= 15 is 0 Å². The molecule has 1 aliphatic rings. The molecule has 17 heavy (non-hydrogen) atoms. The summed E-state index contributed by atoms with van der Waals surface area (Å²) in [4.78, 5) is 4.19. The Labute approximate surface area is 99.4 Å². The zero-order chi connectivity index (χ0) is 11.7. The molecular weight excluding hydrogens is 216 g/mol. The lowest BCUT2D eigenvalue weighted by Crippen LogP contribution is -2.33. The van der Waals surface area contributed by atoms with Crippen LogP contribution in [0.1, 0.15) is 25.5 Å². The number of fused-ring (bicyclic) bond motifs is 1. The molecule has 6 nitrogen and oxygen atoms in total. The minimum atomic E-state index is 0.525. The van der Waals surface area contributed by atoms with Crippen LogP contribution in [0.4, 0.5) is 0 Å². The molecule has 0 radical (unpaired) electrons. The molecule has 2 aromatic rings. The maximum Gasteiger partial charge on any atom is 0.197 e. The third-order valence-electron chi connectivity index (χ3n) is 3.27. The van der Waals surface area contributed by atoms with Gasteiger partial charge in [0.2, 0.25) is 0 Å². The number of aromatic nitrogens is 5. The second-order valence-corrected chi connectivity index (χ2v) is 4.55. The van der Waals surface area contributed by atoms with Crippen LogP contribution in [0.25, 0.3) is 5.65 Å². The molecule has 0 aliphatic heterocycles. The van der Waals surface area contributed by atoms with E-state index in [9.17, 15) is 0 Å². The van der Waals surface area contributed by atoms with Crippen molar-refractivity contribution in [2.75, 3.05) is 6.54 Å². The van der Waals surface area contributed by atoms with Crippen LogP contribution in [-0.2, 0) is 6.42 Å². The molecule has 1 atom stereocenters. The van der Waals surface area contributed by atoms with Crippen molar-refractivity contribution in [3.05, 3.63) is 18.1 Å². The summed E-state index contributed by atoms with van der Waals surface area (Å²) in [6, 6.07) is 0.525. The minimum absolute atomic E-state index is 0.525. The Morgan fingerprint density at radius 1 is 1.47 bits per heavy atom. The molecule has 6 heteroatoms. The van der Waals surface area contributed by atoms with Gasteiger partial charge in [-0.25, -0.2) is 0 Å². The fraction of sp³-hybridized carbons (Fsp3) is 0.636. The first-order valence-corrected chi connectivity index (χ1v) is 6.13. The van der Waals surface area contributed by atoms with Crippen LogP contribution in [0.5, 0.6) is 0 Å². The Morgan fingerprint density at radius 2 is 2.35 bits per heavy atom. The first kappa shape index (κ1) is 10.6. The van der Waals surface area contributed by atoms with Crippen molar-refractivity contribution in [2.45, 2.75) is 32.2 Å². The van der Waals surface area contributed by atoms with Gasteiger partial charge in [-0.05, 0) is 35.7 Å². The van der Waals surface area contributed by atoms with Crippen LogP contribution in [0.2, 0.25) is 0 Å². The largest absolute Gasteiger partial charge is 0.314 e. The van der Waals surface area contributed by atoms with Crippen LogP contribution in [0.3, 0.4) is 0 Å². The molecule has 0 aromatic carbocycles. The Balaban J connectivity index is 1.85. The average Bonchev–Trinajstić information content (AvgIpc) is 3.07. The maximum absolute atomic E-state index is 4.19. The smallest absolute Gasteiger partial charge is 0.197 e. The lowest BCUT2D eigenvalue weighted by atomic mass is 10.1. The van der Waals surface area contributed by atoms with Gasteiger partial charge in [0.15, 0.2) is 5.65 Å². The quantitative estimate of drug-likeness (QED) is 0.810. The average molecular weight is 232 g/mol. The Morgan fingerprint density at radius 3 is 3.12 bits per heavy atom. The standard InChI is InChI=1S/C11H16N6/c1-2-13-10(8-3-4-8)5-9-6-12-7-11-14-15-16-17(9)11/h6-8,10,13H,2-5H2,1H3. The number of nitrogens with zero attached hydrogens (tertiary/aromatic N) is 5. The summed E-state index contributed by atoms with van der Waals surface area (Å²) in [7, 11) is 0. The van der Waals surface area contributed by atoms with Gasteiger partial charge in [0, 0.05) is 18.7 Å². The van der Waals surface area contributed by atoms with E-state index in [0.29, 0.717) is 11.7 Å². The zero-order valence-corrected chi connectivity index (χ0v) is 9.87. The van der Waals surface area contributed by atoms with Gasteiger partial charge in [-0.15, -0.1) is 5.10 Å². The van der Waals surface area contributed by atoms with Crippen LogP contribution in [-0.4, -0.2) is 37.6 Å². The molecule has 0 saturated heterocycles. The van der Waals surface area contributed by atoms with Gasteiger partial charge in [0.25, 0.3) is 0 Å². The predicted molar refractivity (Wildman–Crippen MR) is 62.5 cm³/mol. The fourth-order valence-corrected chi connectivity index (χ4v) is 2.25. The summed E-state index contributed by atoms with van der Waals surface area (Å²) >= 11 is 0. The van der Waals surface area contributed by atoms with Crippen LogP contribution < -0.4 is 5.32 Å². The van der Waals surface area contributed by atoms with Crippen molar-refractivity contribution >= 4 is 5.65 Å². The van der Waals surface area contributed by atoms with E-state index in [-0.39, 0.29) is 0 Å². The zero-order valence-electron chi connectivity index (χ0n) is 9.87. The molecule has 1 fully saturated rings. The van der Waals surface area contributed by atoms with Crippen molar-refractivity contribution in [1.29, 1.82) is 0 Å². The molecule has 1 N–H and O–H groups in total. The van der Waals surface area contributed by atoms with E-state index in [1.165, 1.54) is 12.8 Å². The second-order valence-electron chi connectivity index (χ2n) is 4.55. The summed E-state index contributed by atoms with van der Waals surface area (Å²) in [5.41, 5.74) is 1.79. The van der Waals surface area contributed by atoms with Crippen molar-refractivity contribution in [3.63, 3.8) is 0 Å². The van der Waals surface area contributed by atoms with Gasteiger partial charge < -0.3 is 5.32 Å². The molecule has 2 aromatic heterocycles. The molecule has 0 amide bonds. The topological polar surface area (TPSA) is 68.0 Å². The van der Waals surface area contributed by atoms with E-state index in [2.05, 4.69) is 32.7 Å².